The van der Waals surface area contributed by atoms with Gasteiger partial charge in [0.15, 0.2) is 0 Å². The molecule has 1 aliphatic heterocycles. The second-order valence-corrected chi connectivity index (χ2v) is 8.49. The fourth-order valence-corrected chi connectivity index (χ4v) is 3.55. The van der Waals surface area contributed by atoms with Gasteiger partial charge in [0.25, 0.3) is 0 Å². The highest BCUT2D eigenvalue weighted by Crippen LogP contribution is 2.36. The van der Waals surface area contributed by atoms with Crippen LogP contribution < -0.4 is 5.32 Å². The fourth-order valence-electron chi connectivity index (χ4n) is 3.55. The SMILES string of the molecule is CC(C)(C)OC(=O)N[C@H]1CCC[C@@H](c2ccccc2)N(CC2CC2)C1=O. The molecule has 0 bridgehead atoms. The highest BCUT2D eigenvalue weighted by atomic mass is 16.6. The van der Waals surface area contributed by atoms with Gasteiger partial charge in [0.2, 0.25) is 5.91 Å². The van der Waals surface area contributed by atoms with E-state index in [1.165, 1.54) is 18.4 Å². The third kappa shape index (κ3) is 4.99. The summed E-state index contributed by atoms with van der Waals surface area (Å²) >= 11 is 0. The van der Waals surface area contributed by atoms with E-state index in [0.29, 0.717) is 12.3 Å². The number of amides is 2. The van der Waals surface area contributed by atoms with E-state index in [-0.39, 0.29) is 11.9 Å². The standard InChI is InChI=1S/C21H30N2O3/c1-21(2,3)26-20(25)22-17-10-7-11-18(16-8-5-4-6-9-16)23(19(17)24)14-15-12-13-15/h4-6,8-9,15,17-18H,7,10-14H2,1-3H3,(H,22,25)/t17-,18-/m0/s1. The van der Waals surface area contributed by atoms with Crippen molar-refractivity contribution < 1.29 is 14.3 Å². The highest BCUT2D eigenvalue weighted by molar-refractivity contribution is 5.86. The number of nitrogens with one attached hydrogen (secondary N) is 1. The number of ether oxygens (including phenoxy) is 1. The van der Waals surface area contributed by atoms with Crippen molar-refractivity contribution >= 4 is 12.0 Å². The van der Waals surface area contributed by atoms with Gasteiger partial charge in [-0.2, -0.15) is 0 Å². The summed E-state index contributed by atoms with van der Waals surface area (Å²) in [5.41, 5.74) is 0.609. The number of hydrogen-bond acceptors (Lipinski definition) is 3. The Morgan fingerprint density at radius 2 is 1.85 bits per heavy atom. The van der Waals surface area contributed by atoms with Crippen LogP contribution >= 0.6 is 0 Å². The second-order valence-electron chi connectivity index (χ2n) is 8.49. The summed E-state index contributed by atoms with van der Waals surface area (Å²) in [5, 5.41) is 2.81. The zero-order chi connectivity index (χ0) is 18.7. The number of likely N-dealkylation sites (tertiary alicyclic amines) is 1. The van der Waals surface area contributed by atoms with Crippen molar-refractivity contribution in [3.8, 4) is 0 Å². The van der Waals surface area contributed by atoms with E-state index in [0.717, 1.165) is 19.4 Å². The molecule has 2 atom stereocenters. The van der Waals surface area contributed by atoms with Crippen LogP contribution in [0.25, 0.3) is 0 Å². The van der Waals surface area contributed by atoms with Crippen LogP contribution in [0.1, 0.15) is 64.5 Å². The first kappa shape index (κ1) is 18.7. The molecule has 3 rings (SSSR count). The molecule has 1 aromatic rings. The molecule has 0 unspecified atom stereocenters. The number of alkyl carbamates (subject to hydrolysis) is 1. The Morgan fingerprint density at radius 3 is 2.46 bits per heavy atom. The lowest BCUT2D eigenvalue weighted by Gasteiger charge is -2.32. The number of nitrogens with zero attached hydrogens (tertiary/aromatic N) is 1. The quantitative estimate of drug-likeness (QED) is 0.883. The van der Waals surface area contributed by atoms with E-state index in [9.17, 15) is 9.59 Å². The number of hydrogen-bond donors (Lipinski definition) is 1. The minimum absolute atomic E-state index is 0.0223. The molecular weight excluding hydrogens is 328 g/mol. The van der Waals surface area contributed by atoms with Crippen LogP contribution in [0.3, 0.4) is 0 Å². The molecule has 5 heteroatoms. The summed E-state index contributed by atoms with van der Waals surface area (Å²) in [5.74, 6) is 0.625. The Balaban J connectivity index is 1.76. The van der Waals surface area contributed by atoms with Crippen molar-refractivity contribution in [1.82, 2.24) is 10.2 Å². The molecule has 26 heavy (non-hydrogen) atoms. The minimum atomic E-state index is -0.571. The third-order valence-corrected chi connectivity index (χ3v) is 4.95. The Morgan fingerprint density at radius 1 is 1.15 bits per heavy atom. The highest BCUT2D eigenvalue weighted by Gasteiger charge is 2.38. The molecule has 0 radical (unpaired) electrons. The van der Waals surface area contributed by atoms with Gasteiger partial charge in [0.1, 0.15) is 11.6 Å². The number of benzene rings is 1. The van der Waals surface area contributed by atoms with Crippen molar-refractivity contribution in [3.63, 3.8) is 0 Å². The first-order valence-corrected chi connectivity index (χ1v) is 9.68. The normalized spacial score (nSPS) is 24.1. The largest absolute Gasteiger partial charge is 0.444 e. The van der Waals surface area contributed by atoms with Crippen molar-refractivity contribution in [1.29, 1.82) is 0 Å². The first-order valence-electron chi connectivity index (χ1n) is 9.68. The maximum Gasteiger partial charge on any atom is 0.408 e. The number of carbonyl (C=O) groups is 2. The molecule has 142 valence electrons. The van der Waals surface area contributed by atoms with Crippen LogP contribution in [0.4, 0.5) is 4.79 Å². The van der Waals surface area contributed by atoms with Gasteiger partial charge in [0.05, 0.1) is 6.04 Å². The molecule has 2 aliphatic rings. The molecule has 1 aromatic carbocycles. The number of carbonyl (C=O) groups excluding carboxylic acids is 2. The van der Waals surface area contributed by atoms with E-state index in [1.807, 2.05) is 43.9 Å². The van der Waals surface area contributed by atoms with Crippen LogP contribution in [-0.2, 0) is 9.53 Å². The molecule has 2 amide bonds. The maximum atomic E-state index is 13.2. The lowest BCUT2D eigenvalue weighted by Crippen LogP contribution is -2.49. The molecule has 1 N–H and O–H groups in total. The molecular formula is C21H30N2O3. The minimum Gasteiger partial charge on any atom is -0.444 e. The Hall–Kier alpha value is -2.04. The molecule has 0 spiro atoms. The average Bonchev–Trinajstić information content (AvgIpc) is 3.39. The Bertz CT molecular complexity index is 634. The van der Waals surface area contributed by atoms with Crippen molar-refractivity contribution in [2.24, 2.45) is 5.92 Å². The van der Waals surface area contributed by atoms with Crippen molar-refractivity contribution in [2.75, 3.05) is 6.54 Å². The summed E-state index contributed by atoms with van der Waals surface area (Å²) < 4.78 is 5.35. The van der Waals surface area contributed by atoms with Crippen LogP contribution in [-0.4, -0.2) is 35.1 Å². The van der Waals surface area contributed by atoms with E-state index >= 15 is 0 Å². The second kappa shape index (κ2) is 7.68. The fraction of sp³-hybridized carbons (Fsp3) is 0.619. The molecule has 1 saturated carbocycles. The third-order valence-electron chi connectivity index (χ3n) is 4.95. The van der Waals surface area contributed by atoms with Gasteiger partial charge >= 0.3 is 6.09 Å². The summed E-state index contributed by atoms with van der Waals surface area (Å²) in [6.07, 6.45) is 4.34. The zero-order valence-corrected chi connectivity index (χ0v) is 16.0. The molecule has 1 saturated heterocycles. The molecule has 1 heterocycles. The van der Waals surface area contributed by atoms with Gasteiger partial charge in [-0.25, -0.2) is 4.79 Å². The number of rotatable bonds is 4. The zero-order valence-electron chi connectivity index (χ0n) is 16.0. The van der Waals surface area contributed by atoms with Crippen LogP contribution in [0.15, 0.2) is 30.3 Å². The van der Waals surface area contributed by atoms with E-state index in [1.54, 1.807) is 0 Å². The maximum absolute atomic E-state index is 13.2. The van der Waals surface area contributed by atoms with E-state index in [4.69, 9.17) is 4.74 Å². The molecule has 0 aromatic heterocycles. The lowest BCUT2D eigenvalue weighted by molar-refractivity contribution is -0.135. The van der Waals surface area contributed by atoms with Gasteiger partial charge in [0, 0.05) is 6.54 Å². The van der Waals surface area contributed by atoms with Crippen molar-refractivity contribution in [2.45, 2.75) is 70.6 Å². The molecule has 5 nitrogen and oxygen atoms in total. The average molecular weight is 358 g/mol. The lowest BCUT2D eigenvalue weighted by atomic mass is 10.0. The van der Waals surface area contributed by atoms with Crippen molar-refractivity contribution in [3.05, 3.63) is 35.9 Å². The van der Waals surface area contributed by atoms with Crippen LogP contribution in [0.2, 0.25) is 0 Å². The topological polar surface area (TPSA) is 58.6 Å². The smallest absolute Gasteiger partial charge is 0.408 e. The predicted octanol–water partition coefficient (Wildman–Crippen LogP) is 4.04. The Labute approximate surface area is 156 Å². The van der Waals surface area contributed by atoms with Crippen LogP contribution in [0.5, 0.6) is 0 Å². The van der Waals surface area contributed by atoms with Crippen LogP contribution in [0, 0.1) is 5.92 Å². The predicted molar refractivity (Wildman–Crippen MR) is 101 cm³/mol. The molecule has 1 aliphatic carbocycles. The van der Waals surface area contributed by atoms with E-state index < -0.39 is 17.7 Å². The van der Waals surface area contributed by atoms with Gasteiger partial charge in [-0.1, -0.05) is 30.3 Å². The monoisotopic (exact) mass is 358 g/mol. The van der Waals surface area contributed by atoms with Gasteiger partial charge in [-0.15, -0.1) is 0 Å². The van der Waals surface area contributed by atoms with Gasteiger partial charge in [-0.05, 0) is 64.4 Å². The summed E-state index contributed by atoms with van der Waals surface area (Å²) in [4.78, 5) is 27.4. The Kier molecular flexibility index (Phi) is 5.54. The summed E-state index contributed by atoms with van der Waals surface area (Å²) in [6, 6.07) is 9.83. The summed E-state index contributed by atoms with van der Waals surface area (Å²) in [7, 11) is 0. The van der Waals surface area contributed by atoms with Gasteiger partial charge < -0.3 is 15.0 Å². The van der Waals surface area contributed by atoms with Gasteiger partial charge in [-0.3, -0.25) is 4.79 Å². The first-order chi connectivity index (χ1) is 12.3. The van der Waals surface area contributed by atoms with E-state index in [2.05, 4.69) is 17.4 Å². The molecule has 2 fully saturated rings. The summed E-state index contributed by atoms with van der Waals surface area (Å²) in [6.45, 7) is 6.26.